The van der Waals surface area contributed by atoms with Crippen LogP contribution < -0.4 is 16.8 Å². The van der Waals surface area contributed by atoms with Crippen molar-refractivity contribution in [1.29, 1.82) is 0 Å². The van der Waals surface area contributed by atoms with Gasteiger partial charge >= 0.3 is 6.09 Å². The van der Waals surface area contributed by atoms with Crippen molar-refractivity contribution in [1.82, 2.24) is 5.32 Å². The molecule has 0 aromatic heterocycles. The van der Waals surface area contributed by atoms with Crippen LogP contribution in [0.2, 0.25) is 0 Å². The van der Waals surface area contributed by atoms with Gasteiger partial charge in [0.05, 0.1) is 0 Å². The van der Waals surface area contributed by atoms with Crippen molar-refractivity contribution in [3.05, 3.63) is 35.9 Å². The smallest absolute Gasteiger partial charge is 0.408 e. The number of benzene rings is 1. The molecule has 1 aromatic carbocycles. The first-order valence-electron chi connectivity index (χ1n) is 6.60. The van der Waals surface area contributed by atoms with E-state index in [1.54, 1.807) is 0 Å². The fraction of sp³-hybridized carbons (Fsp3) is 0.429. The molecule has 0 aliphatic rings. The van der Waals surface area contributed by atoms with E-state index in [9.17, 15) is 9.59 Å². The summed E-state index contributed by atoms with van der Waals surface area (Å²) < 4.78 is 5.03. The van der Waals surface area contributed by atoms with Gasteiger partial charge in [-0.3, -0.25) is 4.79 Å². The van der Waals surface area contributed by atoms with Crippen molar-refractivity contribution in [2.45, 2.75) is 31.9 Å². The number of alkyl carbamates (subject to hydrolysis) is 1. The van der Waals surface area contributed by atoms with Gasteiger partial charge in [0.1, 0.15) is 12.6 Å². The molecule has 0 saturated heterocycles. The van der Waals surface area contributed by atoms with Crippen LogP contribution in [0.5, 0.6) is 0 Å². The van der Waals surface area contributed by atoms with Crippen molar-refractivity contribution in [2.75, 3.05) is 6.54 Å². The number of ether oxygens (including phenoxy) is 1. The van der Waals surface area contributed by atoms with Crippen molar-refractivity contribution in [3.63, 3.8) is 0 Å². The number of halogens is 1. The molecule has 0 aliphatic carbocycles. The number of amides is 2. The Bertz CT molecular complexity index is 429. The highest BCUT2D eigenvalue weighted by Gasteiger charge is 2.18. The summed E-state index contributed by atoms with van der Waals surface area (Å²) in [5.74, 6) is -0.571. The van der Waals surface area contributed by atoms with Crippen LogP contribution in [0.15, 0.2) is 30.3 Å². The Kier molecular flexibility index (Phi) is 10.0. The molecule has 0 unspecified atom stereocenters. The van der Waals surface area contributed by atoms with Gasteiger partial charge in [-0.15, -0.1) is 12.4 Å². The molecule has 2 amide bonds. The van der Waals surface area contributed by atoms with E-state index in [1.165, 1.54) is 0 Å². The molecule has 1 rings (SSSR count). The highest BCUT2D eigenvalue weighted by Crippen LogP contribution is 2.03. The number of carbonyl (C=O) groups is 2. The molecule has 0 fully saturated rings. The number of hydrogen-bond acceptors (Lipinski definition) is 4. The monoisotopic (exact) mass is 315 g/mol. The summed E-state index contributed by atoms with van der Waals surface area (Å²) in [6, 6.07) is 8.57. The molecule has 0 aliphatic heterocycles. The molecule has 1 atom stereocenters. The van der Waals surface area contributed by atoms with Crippen LogP contribution in [0.1, 0.15) is 24.8 Å². The second-order valence-corrected chi connectivity index (χ2v) is 4.45. The first-order chi connectivity index (χ1) is 9.63. The van der Waals surface area contributed by atoms with Crippen molar-refractivity contribution >= 4 is 24.4 Å². The number of rotatable bonds is 8. The van der Waals surface area contributed by atoms with Crippen LogP contribution in [-0.4, -0.2) is 24.6 Å². The van der Waals surface area contributed by atoms with Crippen LogP contribution in [-0.2, 0) is 16.1 Å². The minimum Gasteiger partial charge on any atom is -0.445 e. The molecule has 7 heteroatoms. The number of primary amides is 1. The summed E-state index contributed by atoms with van der Waals surface area (Å²) in [5.41, 5.74) is 11.5. The summed E-state index contributed by atoms with van der Waals surface area (Å²) in [5, 5.41) is 2.47. The SMILES string of the molecule is Cl.NCCCC[C@H](NC(=O)OCc1ccccc1)C(N)=O. The summed E-state index contributed by atoms with van der Waals surface area (Å²) in [4.78, 5) is 22.8. The van der Waals surface area contributed by atoms with E-state index in [-0.39, 0.29) is 19.0 Å². The summed E-state index contributed by atoms with van der Waals surface area (Å²) in [6.07, 6.45) is 1.33. The fourth-order valence-electron chi connectivity index (χ4n) is 1.69. The molecule has 5 N–H and O–H groups in total. The van der Waals surface area contributed by atoms with E-state index in [4.69, 9.17) is 16.2 Å². The summed E-state index contributed by atoms with van der Waals surface area (Å²) in [7, 11) is 0. The molecule has 118 valence electrons. The average molecular weight is 316 g/mol. The van der Waals surface area contributed by atoms with Gasteiger partial charge in [-0.05, 0) is 31.4 Å². The van der Waals surface area contributed by atoms with Gasteiger partial charge in [0.2, 0.25) is 5.91 Å². The lowest BCUT2D eigenvalue weighted by molar-refractivity contribution is -0.120. The average Bonchev–Trinajstić information content (AvgIpc) is 2.45. The number of nitrogens with one attached hydrogen (secondary N) is 1. The first-order valence-corrected chi connectivity index (χ1v) is 6.60. The number of carbonyl (C=O) groups excluding carboxylic acids is 2. The van der Waals surface area contributed by atoms with E-state index < -0.39 is 18.0 Å². The molecule has 0 bridgehead atoms. The standard InChI is InChI=1S/C14H21N3O3.ClH/c15-9-5-4-8-12(13(16)18)17-14(19)20-10-11-6-2-1-3-7-11;/h1-3,6-7,12H,4-5,8-10,15H2,(H2,16,18)(H,17,19);1H/t12-;/m0./s1. The van der Waals surface area contributed by atoms with Gasteiger partial charge in [-0.2, -0.15) is 0 Å². The third kappa shape index (κ3) is 8.16. The Hall–Kier alpha value is -1.79. The maximum atomic E-state index is 11.6. The van der Waals surface area contributed by atoms with Gasteiger partial charge in [0, 0.05) is 0 Å². The Morgan fingerprint density at radius 1 is 1.19 bits per heavy atom. The first kappa shape index (κ1) is 19.2. The lowest BCUT2D eigenvalue weighted by Crippen LogP contribution is -2.44. The highest BCUT2D eigenvalue weighted by atomic mass is 35.5. The van der Waals surface area contributed by atoms with Crippen LogP contribution >= 0.6 is 12.4 Å². The highest BCUT2D eigenvalue weighted by molar-refractivity contribution is 5.85. The van der Waals surface area contributed by atoms with E-state index in [0.29, 0.717) is 13.0 Å². The van der Waals surface area contributed by atoms with Gasteiger partial charge in [-0.1, -0.05) is 30.3 Å². The predicted molar refractivity (Wildman–Crippen MR) is 82.9 cm³/mol. The molecule has 0 heterocycles. The molecular weight excluding hydrogens is 294 g/mol. The Morgan fingerprint density at radius 2 is 1.86 bits per heavy atom. The van der Waals surface area contributed by atoms with Crippen molar-refractivity contribution in [3.8, 4) is 0 Å². The Labute approximate surface area is 130 Å². The molecule has 0 radical (unpaired) electrons. The molecule has 21 heavy (non-hydrogen) atoms. The molecule has 0 saturated carbocycles. The lowest BCUT2D eigenvalue weighted by atomic mass is 10.1. The minimum absolute atomic E-state index is 0. The zero-order valence-corrected chi connectivity index (χ0v) is 12.6. The second kappa shape index (κ2) is 10.9. The van der Waals surface area contributed by atoms with E-state index >= 15 is 0 Å². The fourth-order valence-corrected chi connectivity index (χ4v) is 1.69. The van der Waals surface area contributed by atoms with Crippen molar-refractivity contribution in [2.24, 2.45) is 11.5 Å². The molecule has 1 aromatic rings. The van der Waals surface area contributed by atoms with Crippen LogP contribution in [0.25, 0.3) is 0 Å². The minimum atomic E-state index is -0.718. The van der Waals surface area contributed by atoms with Crippen LogP contribution in [0.4, 0.5) is 4.79 Å². The number of nitrogens with two attached hydrogens (primary N) is 2. The molecule has 0 spiro atoms. The maximum absolute atomic E-state index is 11.6. The quantitative estimate of drug-likeness (QED) is 0.629. The topological polar surface area (TPSA) is 107 Å². The van der Waals surface area contributed by atoms with E-state index in [1.807, 2.05) is 30.3 Å². The van der Waals surface area contributed by atoms with Gasteiger partial charge in [0.15, 0.2) is 0 Å². The molecule has 6 nitrogen and oxygen atoms in total. The van der Waals surface area contributed by atoms with Gasteiger partial charge in [0.25, 0.3) is 0 Å². The third-order valence-electron chi connectivity index (χ3n) is 2.80. The van der Waals surface area contributed by atoms with Crippen LogP contribution in [0.3, 0.4) is 0 Å². The predicted octanol–water partition coefficient (Wildman–Crippen LogP) is 1.32. The second-order valence-electron chi connectivity index (χ2n) is 4.45. The maximum Gasteiger partial charge on any atom is 0.408 e. The van der Waals surface area contributed by atoms with E-state index in [2.05, 4.69) is 5.32 Å². The zero-order chi connectivity index (χ0) is 14.8. The third-order valence-corrected chi connectivity index (χ3v) is 2.80. The summed E-state index contributed by atoms with van der Waals surface area (Å²) >= 11 is 0. The number of unbranched alkanes of at least 4 members (excludes halogenated alkanes) is 1. The lowest BCUT2D eigenvalue weighted by Gasteiger charge is -2.15. The van der Waals surface area contributed by atoms with Gasteiger partial charge in [-0.25, -0.2) is 4.79 Å². The van der Waals surface area contributed by atoms with Crippen LogP contribution in [0, 0.1) is 0 Å². The largest absolute Gasteiger partial charge is 0.445 e. The number of hydrogen-bond donors (Lipinski definition) is 3. The van der Waals surface area contributed by atoms with Gasteiger partial charge < -0.3 is 21.5 Å². The molecular formula is C14H22ClN3O3. The zero-order valence-electron chi connectivity index (χ0n) is 11.8. The van der Waals surface area contributed by atoms with Crippen molar-refractivity contribution < 1.29 is 14.3 Å². The Balaban J connectivity index is 0.00000400. The Morgan fingerprint density at radius 3 is 2.43 bits per heavy atom. The summed E-state index contributed by atoms with van der Waals surface area (Å²) in [6.45, 7) is 0.699. The van der Waals surface area contributed by atoms with E-state index in [0.717, 1.165) is 18.4 Å². The normalized spacial score (nSPS) is 11.1.